The van der Waals surface area contributed by atoms with Gasteiger partial charge in [-0.25, -0.2) is 0 Å². The Morgan fingerprint density at radius 1 is 1.38 bits per heavy atom. The van der Waals surface area contributed by atoms with E-state index in [0.717, 1.165) is 0 Å². The maximum absolute atomic E-state index is 3.72. The topological polar surface area (TPSA) is 24.1 Å². The standard InChI is InChI=1S/C11H20N2/c1-9-11(7-4-8-12-9)13-10-5-2-3-6-10/h2,5,9-13H,3-4,6-8H2,1H3. The first kappa shape index (κ1) is 9.22. The van der Waals surface area contributed by atoms with Gasteiger partial charge in [0.2, 0.25) is 0 Å². The molecule has 0 radical (unpaired) electrons. The van der Waals surface area contributed by atoms with Crippen molar-refractivity contribution in [1.29, 1.82) is 0 Å². The van der Waals surface area contributed by atoms with Crippen molar-refractivity contribution in [2.45, 2.75) is 50.7 Å². The van der Waals surface area contributed by atoms with E-state index < -0.39 is 0 Å². The van der Waals surface area contributed by atoms with Crippen LogP contribution < -0.4 is 10.6 Å². The lowest BCUT2D eigenvalue weighted by molar-refractivity contribution is 0.303. The third-order valence-corrected chi connectivity index (χ3v) is 3.20. The third-order valence-electron chi connectivity index (χ3n) is 3.20. The highest BCUT2D eigenvalue weighted by molar-refractivity contribution is 5.02. The first-order valence-corrected chi connectivity index (χ1v) is 5.52. The second-order valence-electron chi connectivity index (χ2n) is 4.27. The highest BCUT2D eigenvalue weighted by Gasteiger charge is 2.22. The molecule has 0 spiro atoms. The lowest BCUT2D eigenvalue weighted by atomic mass is 9.99. The van der Waals surface area contributed by atoms with Gasteiger partial charge in [0, 0.05) is 18.1 Å². The summed E-state index contributed by atoms with van der Waals surface area (Å²) < 4.78 is 0. The van der Waals surface area contributed by atoms with Gasteiger partial charge in [-0.3, -0.25) is 0 Å². The monoisotopic (exact) mass is 180 g/mol. The van der Waals surface area contributed by atoms with Crippen LogP contribution in [-0.2, 0) is 0 Å². The fourth-order valence-electron chi connectivity index (χ4n) is 2.32. The minimum Gasteiger partial charge on any atom is -0.313 e. The average molecular weight is 180 g/mol. The molecule has 1 fully saturated rings. The zero-order valence-corrected chi connectivity index (χ0v) is 8.42. The van der Waals surface area contributed by atoms with Gasteiger partial charge in [-0.05, 0) is 39.2 Å². The first-order valence-electron chi connectivity index (χ1n) is 5.52. The predicted molar refractivity (Wildman–Crippen MR) is 55.8 cm³/mol. The molecule has 2 nitrogen and oxygen atoms in total. The zero-order chi connectivity index (χ0) is 9.10. The molecule has 0 aromatic rings. The summed E-state index contributed by atoms with van der Waals surface area (Å²) in [5.74, 6) is 0. The number of hydrogen-bond acceptors (Lipinski definition) is 2. The Labute approximate surface area is 80.8 Å². The Morgan fingerprint density at radius 3 is 3.00 bits per heavy atom. The normalized spacial score (nSPS) is 39.6. The van der Waals surface area contributed by atoms with Gasteiger partial charge in [0.05, 0.1) is 0 Å². The van der Waals surface area contributed by atoms with Crippen molar-refractivity contribution >= 4 is 0 Å². The van der Waals surface area contributed by atoms with Crippen LogP contribution in [0.3, 0.4) is 0 Å². The molecule has 2 heteroatoms. The molecule has 2 aliphatic rings. The average Bonchev–Trinajstić information content (AvgIpc) is 2.61. The van der Waals surface area contributed by atoms with Crippen molar-refractivity contribution in [1.82, 2.24) is 10.6 Å². The van der Waals surface area contributed by atoms with E-state index in [1.54, 1.807) is 0 Å². The van der Waals surface area contributed by atoms with Crippen LogP contribution in [0.1, 0.15) is 32.6 Å². The summed E-state index contributed by atoms with van der Waals surface area (Å²) in [5, 5.41) is 7.24. The molecule has 74 valence electrons. The molecule has 1 heterocycles. The number of piperidine rings is 1. The van der Waals surface area contributed by atoms with Crippen molar-refractivity contribution in [3.63, 3.8) is 0 Å². The molecular formula is C11H20N2. The van der Waals surface area contributed by atoms with E-state index in [9.17, 15) is 0 Å². The number of rotatable bonds is 2. The van der Waals surface area contributed by atoms with Gasteiger partial charge in [-0.1, -0.05) is 12.2 Å². The molecule has 3 unspecified atom stereocenters. The van der Waals surface area contributed by atoms with Crippen LogP contribution >= 0.6 is 0 Å². The second-order valence-corrected chi connectivity index (χ2v) is 4.27. The summed E-state index contributed by atoms with van der Waals surface area (Å²) in [6, 6.07) is 1.97. The van der Waals surface area contributed by atoms with Gasteiger partial charge in [-0.15, -0.1) is 0 Å². The molecule has 0 amide bonds. The van der Waals surface area contributed by atoms with Gasteiger partial charge in [0.1, 0.15) is 0 Å². The Balaban J connectivity index is 1.81. The highest BCUT2D eigenvalue weighted by atomic mass is 15.0. The minimum atomic E-state index is 0.641. The largest absolute Gasteiger partial charge is 0.313 e. The Morgan fingerprint density at radius 2 is 2.31 bits per heavy atom. The summed E-state index contributed by atoms with van der Waals surface area (Å²) >= 11 is 0. The van der Waals surface area contributed by atoms with Gasteiger partial charge in [-0.2, -0.15) is 0 Å². The maximum atomic E-state index is 3.72. The van der Waals surface area contributed by atoms with E-state index >= 15 is 0 Å². The van der Waals surface area contributed by atoms with Gasteiger partial charge < -0.3 is 10.6 Å². The first-order chi connectivity index (χ1) is 6.36. The Bertz CT molecular complexity index is 189. The SMILES string of the molecule is CC1NCCCC1NC1C=CCC1. The quantitative estimate of drug-likeness (QED) is 0.628. The van der Waals surface area contributed by atoms with Crippen molar-refractivity contribution in [2.75, 3.05) is 6.54 Å². The van der Waals surface area contributed by atoms with E-state index in [1.807, 2.05) is 0 Å². The summed E-state index contributed by atoms with van der Waals surface area (Å²) in [6.45, 7) is 3.48. The zero-order valence-electron chi connectivity index (χ0n) is 8.42. The lowest BCUT2D eigenvalue weighted by Crippen LogP contribution is -2.52. The van der Waals surface area contributed by atoms with E-state index in [1.165, 1.54) is 32.2 Å². The summed E-state index contributed by atoms with van der Waals surface area (Å²) in [7, 11) is 0. The Hall–Kier alpha value is -0.340. The number of nitrogens with one attached hydrogen (secondary N) is 2. The highest BCUT2D eigenvalue weighted by Crippen LogP contribution is 2.14. The van der Waals surface area contributed by atoms with Crippen LogP contribution in [0.25, 0.3) is 0 Å². The van der Waals surface area contributed by atoms with Crippen molar-refractivity contribution in [3.8, 4) is 0 Å². The molecule has 0 aromatic carbocycles. The van der Waals surface area contributed by atoms with Crippen molar-refractivity contribution in [2.24, 2.45) is 0 Å². The summed E-state index contributed by atoms with van der Waals surface area (Å²) in [6.07, 6.45) is 9.81. The fourth-order valence-corrected chi connectivity index (χ4v) is 2.32. The van der Waals surface area contributed by atoms with Gasteiger partial charge in [0.25, 0.3) is 0 Å². The number of hydrogen-bond donors (Lipinski definition) is 2. The van der Waals surface area contributed by atoms with Crippen molar-refractivity contribution < 1.29 is 0 Å². The third kappa shape index (κ3) is 2.32. The van der Waals surface area contributed by atoms with Crippen LogP contribution in [0, 0.1) is 0 Å². The second kappa shape index (κ2) is 4.25. The molecule has 1 aliphatic carbocycles. The van der Waals surface area contributed by atoms with E-state index in [0.29, 0.717) is 18.1 Å². The maximum Gasteiger partial charge on any atom is 0.0256 e. The van der Waals surface area contributed by atoms with Crippen molar-refractivity contribution in [3.05, 3.63) is 12.2 Å². The molecule has 0 bridgehead atoms. The fraction of sp³-hybridized carbons (Fsp3) is 0.818. The molecular weight excluding hydrogens is 160 g/mol. The number of allylic oxidation sites excluding steroid dienone is 1. The van der Waals surface area contributed by atoms with Gasteiger partial charge >= 0.3 is 0 Å². The summed E-state index contributed by atoms with van der Waals surface area (Å²) in [5.41, 5.74) is 0. The molecule has 0 aromatic heterocycles. The lowest BCUT2D eigenvalue weighted by Gasteiger charge is -2.32. The van der Waals surface area contributed by atoms with E-state index in [-0.39, 0.29) is 0 Å². The van der Waals surface area contributed by atoms with E-state index in [4.69, 9.17) is 0 Å². The molecule has 3 atom stereocenters. The van der Waals surface area contributed by atoms with Crippen LogP contribution in [-0.4, -0.2) is 24.7 Å². The van der Waals surface area contributed by atoms with E-state index in [2.05, 4.69) is 29.7 Å². The molecule has 13 heavy (non-hydrogen) atoms. The molecule has 2 N–H and O–H groups in total. The molecule has 1 aliphatic heterocycles. The van der Waals surface area contributed by atoms with Crippen LogP contribution in [0.2, 0.25) is 0 Å². The predicted octanol–water partition coefficient (Wildman–Crippen LogP) is 1.44. The smallest absolute Gasteiger partial charge is 0.0256 e. The van der Waals surface area contributed by atoms with Crippen LogP contribution in [0.5, 0.6) is 0 Å². The van der Waals surface area contributed by atoms with Crippen LogP contribution in [0.4, 0.5) is 0 Å². The Kier molecular flexibility index (Phi) is 3.01. The minimum absolute atomic E-state index is 0.641. The van der Waals surface area contributed by atoms with Crippen LogP contribution in [0.15, 0.2) is 12.2 Å². The molecule has 1 saturated heterocycles. The molecule has 2 rings (SSSR count). The molecule has 0 saturated carbocycles. The van der Waals surface area contributed by atoms with Gasteiger partial charge in [0.15, 0.2) is 0 Å². The summed E-state index contributed by atoms with van der Waals surface area (Å²) in [4.78, 5) is 0.